The maximum atomic E-state index is 13.7. The van der Waals surface area contributed by atoms with E-state index in [4.69, 9.17) is 9.47 Å². The number of nitrogens with one attached hydrogen (secondary N) is 1. The number of rotatable bonds is 7. The second-order valence-electron chi connectivity index (χ2n) is 6.54. The third-order valence-electron chi connectivity index (χ3n) is 4.38. The Balaban J connectivity index is 1.81. The molecule has 0 fully saturated rings. The van der Waals surface area contributed by atoms with Crippen molar-refractivity contribution < 1.29 is 32.6 Å². The molecule has 0 radical (unpaired) electrons. The highest BCUT2D eigenvalue weighted by Crippen LogP contribution is 2.40. The smallest absolute Gasteiger partial charge is 0.344 e. The van der Waals surface area contributed by atoms with Crippen LogP contribution in [0.4, 0.5) is 13.8 Å². The normalized spacial score (nSPS) is 10.5. The number of esters is 2. The first-order valence-corrected chi connectivity index (χ1v) is 10.4. The summed E-state index contributed by atoms with van der Waals surface area (Å²) in [6.07, 6.45) is 0. The van der Waals surface area contributed by atoms with Crippen LogP contribution in [0.15, 0.2) is 48.5 Å². The van der Waals surface area contributed by atoms with E-state index in [1.165, 1.54) is 0 Å². The van der Waals surface area contributed by atoms with Gasteiger partial charge < -0.3 is 14.8 Å². The minimum Gasteiger partial charge on any atom is -0.462 e. The van der Waals surface area contributed by atoms with Gasteiger partial charge in [-0.15, -0.1) is 11.3 Å². The Hall–Kier alpha value is -3.59. The van der Waals surface area contributed by atoms with Crippen LogP contribution >= 0.6 is 11.3 Å². The molecule has 1 N–H and O–H groups in total. The van der Waals surface area contributed by atoms with E-state index in [9.17, 15) is 23.2 Å². The Bertz CT molecular complexity index is 1140. The topological polar surface area (TPSA) is 81.7 Å². The number of carbonyl (C=O) groups excluding carboxylic acids is 3. The van der Waals surface area contributed by atoms with Gasteiger partial charge in [-0.2, -0.15) is 0 Å². The van der Waals surface area contributed by atoms with Crippen LogP contribution in [0.3, 0.4) is 0 Å². The molecule has 3 aromatic rings. The maximum Gasteiger partial charge on any atom is 0.344 e. The first-order chi connectivity index (χ1) is 15.3. The summed E-state index contributed by atoms with van der Waals surface area (Å²) in [6.45, 7) is 2.80. The van der Waals surface area contributed by atoms with Gasteiger partial charge in [-0.25, -0.2) is 18.4 Å². The van der Waals surface area contributed by atoms with Gasteiger partial charge in [0.05, 0.1) is 6.61 Å². The van der Waals surface area contributed by atoms with Gasteiger partial charge in [-0.05, 0) is 31.5 Å². The van der Waals surface area contributed by atoms with Crippen LogP contribution in [-0.4, -0.2) is 31.1 Å². The predicted molar refractivity (Wildman–Crippen MR) is 116 cm³/mol. The number of thiophene rings is 1. The van der Waals surface area contributed by atoms with Crippen molar-refractivity contribution in [3.63, 3.8) is 0 Å². The van der Waals surface area contributed by atoms with Gasteiger partial charge in [0.2, 0.25) is 0 Å². The van der Waals surface area contributed by atoms with E-state index in [-0.39, 0.29) is 17.2 Å². The quantitative estimate of drug-likeness (QED) is 0.505. The van der Waals surface area contributed by atoms with Gasteiger partial charge in [0.1, 0.15) is 27.8 Å². The van der Waals surface area contributed by atoms with Gasteiger partial charge in [0.25, 0.3) is 5.91 Å². The Labute approximate surface area is 186 Å². The predicted octanol–water partition coefficient (Wildman–Crippen LogP) is 4.97. The van der Waals surface area contributed by atoms with Crippen molar-refractivity contribution in [1.29, 1.82) is 0 Å². The second-order valence-corrected chi connectivity index (χ2v) is 7.77. The summed E-state index contributed by atoms with van der Waals surface area (Å²) in [5.41, 5.74) is 0.687. The number of anilines is 1. The molecule has 3 rings (SSSR count). The zero-order valence-electron chi connectivity index (χ0n) is 17.2. The van der Waals surface area contributed by atoms with Crippen LogP contribution in [0.1, 0.15) is 32.5 Å². The highest BCUT2D eigenvalue weighted by molar-refractivity contribution is 7.17. The molecule has 166 valence electrons. The highest BCUT2D eigenvalue weighted by Gasteiger charge is 2.26. The molecule has 0 saturated heterocycles. The molecule has 1 heterocycles. The Morgan fingerprint density at radius 1 is 0.906 bits per heavy atom. The summed E-state index contributed by atoms with van der Waals surface area (Å²) in [6, 6.07) is 12.1. The van der Waals surface area contributed by atoms with Crippen molar-refractivity contribution in [2.45, 2.75) is 13.8 Å². The Kier molecular flexibility index (Phi) is 7.32. The van der Waals surface area contributed by atoms with Crippen LogP contribution in [-0.2, 0) is 14.3 Å². The fourth-order valence-corrected chi connectivity index (χ4v) is 4.12. The minimum atomic E-state index is -1.31. The average Bonchev–Trinajstić information content (AvgIpc) is 3.08. The number of ether oxygens (including phenoxy) is 2. The molecule has 0 atom stereocenters. The summed E-state index contributed by atoms with van der Waals surface area (Å²) >= 11 is 1.16. The SMILES string of the molecule is CCOC(=O)c1c(NC(=O)COC(=O)c2c(F)cccc2F)sc(C)c1-c1ccccc1. The fourth-order valence-electron chi connectivity index (χ4n) is 3.04. The van der Waals surface area contributed by atoms with Crippen molar-refractivity contribution in [3.8, 4) is 11.1 Å². The average molecular weight is 459 g/mol. The van der Waals surface area contributed by atoms with Crippen molar-refractivity contribution >= 4 is 34.2 Å². The van der Waals surface area contributed by atoms with Crippen LogP contribution in [0.5, 0.6) is 0 Å². The number of halogens is 2. The Morgan fingerprint density at radius 3 is 2.16 bits per heavy atom. The van der Waals surface area contributed by atoms with Crippen LogP contribution in [0, 0.1) is 18.6 Å². The number of amides is 1. The second kappa shape index (κ2) is 10.1. The summed E-state index contributed by atoms with van der Waals surface area (Å²) in [7, 11) is 0. The van der Waals surface area contributed by atoms with E-state index in [0.29, 0.717) is 5.56 Å². The van der Waals surface area contributed by atoms with Gasteiger partial charge in [-0.1, -0.05) is 36.4 Å². The standard InChI is InChI=1S/C23H19F2NO5S/c1-3-30-23(29)20-18(14-8-5-4-6-9-14)13(2)32-21(20)26-17(27)12-31-22(28)19-15(24)10-7-11-16(19)25/h4-11H,3,12H2,1-2H3,(H,26,27). The molecule has 0 unspecified atom stereocenters. The lowest BCUT2D eigenvalue weighted by Gasteiger charge is -2.10. The van der Waals surface area contributed by atoms with Gasteiger partial charge >= 0.3 is 11.9 Å². The fraction of sp³-hybridized carbons (Fsp3) is 0.174. The first kappa shape index (κ1) is 23.1. The molecular weight excluding hydrogens is 440 g/mol. The number of hydrogen-bond donors (Lipinski definition) is 1. The highest BCUT2D eigenvalue weighted by atomic mass is 32.1. The van der Waals surface area contributed by atoms with Crippen LogP contribution < -0.4 is 5.32 Å². The van der Waals surface area contributed by atoms with Crippen molar-refractivity contribution in [2.75, 3.05) is 18.5 Å². The lowest BCUT2D eigenvalue weighted by atomic mass is 10.0. The van der Waals surface area contributed by atoms with Crippen molar-refractivity contribution in [3.05, 3.63) is 76.2 Å². The minimum absolute atomic E-state index is 0.140. The first-order valence-electron chi connectivity index (χ1n) is 9.60. The summed E-state index contributed by atoms with van der Waals surface area (Å²) in [5, 5.41) is 2.75. The Morgan fingerprint density at radius 2 is 1.53 bits per heavy atom. The molecule has 0 saturated carbocycles. The van der Waals surface area contributed by atoms with E-state index in [2.05, 4.69) is 5.32 Å². The summed E-state index contributed by atoms with van der Waals surface area (Å²) in [4.78, 5) is 37.8. The lowest BCUT2D eigenvalue weighted by Crippen LogP contribution is -2.22. The summed E-state index contributed by atoms with van der Waals surface area (Å²) in [5.74, 6) is -4.89. The van der Waals surface area contributed by atoms with Crippen LogP contribution in [0.25, 0.3) is 11.1 Å². The molecule has 0 aliphatic heterocycles. The molecular formula is C23H19F2NO5S. The van der Waals surface area contributed by atoms with E-state index >= 15 is 0 Å². The van der Waals surface area contributed by atoms with E-state index in [0.717, 1.165) is 40.0 Å². The summed E-state index contributed by atoms with van der Waals surface area (Å²) < 4.78 is 37.3. The van der Waals surface area contributed by atoms with E-state index in [1.54, 1.807) is 13.8 Å². The number of aryl methyl sites for hydroxylation is 1. The molecule has 2 aromatic carbocycles. The van der Waals surface area contributed by atoms with Crippen molar-refractivity contribution in [1.82, 2.24) is 0 Å². The number of hydrogen-bond acceptors (Lipinski definition) is 6. The molecule has 32 heavy (non-hydrogen) atoms. The molecule has 0 aliphatic rings. The molecule has 0 aliphatic carbocycles. The number of benzene rings is 2. The zero-order valence-corrected chi connectivity index (χ0v) is 18.1. The third-order valence-corrected chi connectivity index (χ3v) is 5.40. The molecule has 0 bridgehead atoms. The number of carbonyl (C=O) groups is 3. The van der Waals surface area contributed by atoms with Crippen LogP contribution in [0.2, 0.25) is 0 Å². The lowest BCUT2D eigenvalue weighted by molar-refractivity contribution is -0.119. The van der Waals surface area contributed by atoms with Crippen molar-refractivity contribution in [2.24, 2.45) is 0 Å². The van der Waals surface area contributed by atoms with Gasteiger partial charge in [-0.3, -0.25) is 4.79 Å². The molecule has 6 nitrogen and oxygen atoms in total. The molecule has 0 spiro atoms. The molecule has 9 heteroatoms. The monoisotopic (exact) mass is 459 g/mol. The molecule has 1 aromatic heterocycles. The molecule has 1 amide bonds. The third kappa shape index (κ3) is 5.00. The van der Waals surface area contributed by atoms with E-state index < -0.39 is 41.7 Å². The van der Waals surface area contributed by atoms with Gasteiger partial charge in [0.15, 0.2) is 6.61 Å². The maximum absolute atomic E-state index is 13.7. The largest absolute Gasteiger partial charge is 0.462 e. The zero-order chi connectivity index (χ0) is 23.3. The van der Waals surface area contributed by atoms with Gasteiger partial charge in [0, 0.05) is 10.4 Å². The van der Waals surface area contributed by atoms with E-state index in [1.807, 2.05) is 30.3 Å².